The molecule has 16 heavy (non-hydrogen) atoms. The van der Waals surface area contributed by atoms with E-state index < -0.39 is 21.8 Å². The van der Waals surface area contributed by atoms with Crippen molar-refractivity contribution in [1.82, 2.24) is 9.44 Å². The Morgan fingerprint density at radius 3 is 2.25 bits per heavy atom. The van der Waals surface area contributed by atoms with Crippen LogP contribution < -0.4 is 9.44 Å². The van der Waals surface area contributed by atoms with E-state index in [0.29, 0.717) is 10.7 Å². The van der Waals surface area contributed by atoms with Crippen LogP contribution in [0.1, 0.15) is 13.8 Å². The van der Waals surface area contributed by atoms with Gasteiger partial charge in [-0.15, -0.1) is 0 Å². The minimum Gasteiger partial charge on any atom is -0.449 e. The second-order valence-corrected chi connectivity index (χ2v) is 5.79. The molecule has 0 spiro atoms. The van der Waals surface area contributed by atoms with Gasteiger partial charge in [-0.2, -0.15) is 13.1 Å². The van der Waals surface area contributed by atoms with E-state index in [2.05, 4.69) is 41.3 Å². The number of hydrogen-bond donors (Lipinski definition) is 2. The van der Waals surface area contributed by atoms with Gasteiger partial charge in [0.25, 0.3) is 0 Å². The van der Waals surface area contributed by atoms with Crippen molar-refractivity contribution in [2.75, 3.05) is 17.3 Å². The minimum atomic E-state index is -3.92. The number of amides is 1. The number of alkyl halides is 2. The van der Waals surface area contributed by atoms with E-state index in [-0.39, 0.29) is 6.61 Å². The first-order valence-electron chi connectivity index (χ1n) is 4.39. The maximum atomic E-state index is 11.5. The van der Waals surface area contributed by atoms with Crippen molar-refractivity contribution in [2.24, 2.45) is 0 Å². The second kappa shape index (κ2) is 6.77. The van der Waals surface area contributed by atoms with Crippen LogP contribution in [0.4, 0.5) is 4.79 Å². The zero-order valence-corrected chi connectivity index (χ0v) is 12.9. The first-order chi connectivity index (χ1) is 7.28. The summed E-state index contributed by atoms with van der Waals surface area (Å²) in [6, 6.07) is 0. The van der Waals surface area contributed by atoms with Crippen LogP contribution in [0.3, 0.4) is 0 Å². The molecule has 0 aliphatic heterocycles. The molecule has 9 heteroatoms. The lowest BCUT2D eigenvalue weighted by molar-refractivity contribution is 0.158. The Morgan fingerprint density at radius 2 is 1.88 bits per heavy atom. The standard InChI is InChI=1S/C7H14Br2N2O4S/c1-3-15-6(12)10-16(13,14)11-7(2,4-8)5-9/h11H,3-5H2,1-2H3,(H,10,12). The first kappa shape index (κ1) is 16.1. The zero-order valence-electron chi connectivity index (χ0n) is 8.92. The third kappa shape index (κ3) is 6.02. The first-order valence-corrected chi connectivity index (χ1v) is 8.11. The Bertz CT molecular complexity index is 329. The van der Waals surface area contributed by atoms with Gasteiger partial charge < -0.3 is 4.74 Å². The van der Waals surface area contributed by atoms with Crippen LogP contribution in [-0.4, -0.2) is 37.3 Å². The summed E-state index contributed by atoms with van der Waals surface area (Å²) >= 11 is 6.36. The number of hydrogen-bond acceptors (Lipinski definition) is 4. The van der Waals surface area contributed by atoms with Gasteiger partial charge in [0.15, 0.2) is 0 Å². The van der Waals surface area contributed by atoms with Crippen molar-refractivity contribution in [3.63, 3.8) is 0 Å². The van der Waals surface area contributed by atoms with Crippen LogP contribution in [-0.2, 0) is 14.9 Å². The number of rotatable bonds is 6. The molecule has 0 saturated heterocycles. The molecule has 0 aromatic rings. The lowest BCUT2D eigenvalue weighted by Crippen LogP contribution is -2.54. The van der Waals surface area contributed by atoms with Gasteiger partial charge >= 0.3 is 16.3 Å². The topological polar surface area (TPSA) is 84.5 Å². The third-order valence-electron chi connectivity index (χ3n) is 1.46. The number of ether oxygens (including phenoxy) is 1. The summed E-state index contributed by atoms with van der Waals surface area (Å²) in [5.74, 6) is 0. The van der Waals surface area contributed by atoms with Crippen molar-refractivity contribution in [3.05, 3.63) is 0 Å². The molecule has 0 rings (SSSR count). The molecule has 0 aliphatic carbocycles. The largest absolute Gasteiger partial charge is 0.449 e. The van der Waals surface area contributed by atoms with Gasteiger partial charge in [0.05, 0.1) is 12.1 Å². The number of halogens is 2. The van der Waals surface area contributed by atoms with Crippen molar-refractivity contribution < 1.29 is 17.9 Å². The average Bonchev–Trinajstić information content (AvgIpc) is 2.16. The molecular weight excluding hydrogens is 368 g/mol. The van der Waals surface area contributed by atoms with Gasteiger partial charge in [0.1, 0.15) is 0 Å². The van der Waals surface area contributed by atoms with Crippen LogP contribution in [0.5, 0.6) is 0 Å². The van der Waals surface area contributed by atoms with Gasteiger partial charge in [0.2, 0.25) is 0 Å². The fourth-order valence-corrected chi connectivity index (χ4v) is 3.41. The highest BCUT2D eigenvalue weighted by Crippen LogP contribution is 2.12. The van der Waals surface area contributed by atoms with Crippen LogP contribution in [0.15, 0.2) is 0 Å². The Labute approximate surface area is 112 Å². The highest BCUT2D eigenvalue weighted by atomic mass is 79.9. The van der Waals surface area contributed by atoms with Crippen LogP contribution in [0, 0.1) is 0 Å². The molecular formula is C7H14Br2N2O4S. The third-order valence-corrected chi connectivity index (χ3v) is 5.14. The van der Waals surface area contributed by atoms with Gasteiger partial charge in [-0.25, -0.2) is 9.52 Å². The lowest BCUT2D eigenvalue weighted by atomic mass is 10.1. The monoisotopic (exact) mass is 380 g/mol. The predicted molar refractivity (Wildman–Crippen MR) is 68.2 cm³/mol. The van der Waals surface area contributed by atoms with Crippen molar-refractivity contribution in [2.45, 2.75) is 19.4 Å². The van der Waals surface area contributed by atoms with Crippen molar-refractivity contribution in [1.29, 1.82) is 0 Å². The highest BCUT2D eigenvalue weighted by molar-refractivity contribution is 9.09. The normalized spacial score (nSPS) is 12.2. The number of carbonyl (C=O) groups is 1. The van der Waals surface area contributed by atoms with E-state index in [1.807, 2.05) is 0 Å². The predicted octanol–water partition coefficient (Wildman–Crippen LogP) is 1.12. The van der Waals surface area contributed by atoms with E-state index >= 15 is 0 Å². The summed E-state index contributed by atoms with van der Waals surface area (Å²) in [4.78, 5) is 10.9. The molecule has 0 bridgehead atoms. The lowest BCUT2D eigenvalue weighted by Gasteiger charge is -2.25. The minimum absolute atomic E-state index is 0.107. The molecule has 0 saturated carbocycles. The summed E-state index contributed by atoms with van der Waals surface area (Å²) < 4.78 is 31.5. The smallest absolute Gasteiger partial charge is 0.421 e. The molecule has 0 heterocycles. The van der Waals surface area contributed by atoms with E-state index in [0.717, 1.165) is 0 Å². The number of nitrogens with one attached hydrogen (secondary N) is 2. The van der Waals surface area contributed by atoms with E-state index in [1.165, 1.54) is 0 Å². The zero-order chi connectivity index (χ0) is 12.8. The molecule has 0 aromatic carbocycles. The highest BCUT2D eigenvalue weighted by Gasteiger charge is 2.28. The molecule has 0 fully saturated rings. The molecule has 0 unspecified atom stereocenters. The van der Waals surface area contributed by atoms with Crippen molar-refractivity contribution in [3.8, 4) is 0 Å². The Hall–Kier alpha value is 0.140. The van der Waals surface area contributed by atoms with Gasteiger partial charge in [-0.1, -0.05) is 31.9 Å². The van der Waals surface area contributed by atoms with E-state index in [9.17, 15) is 13.2 Å². The summed E-state index contributed by atoms with van der Waals surface area (Å²) in [5.41, 5.74) is -0.724. The van der Waals surface area contributed by atoms with Gasteiger partial charge in [0, 0.05) is 10.7 Å². The molecule has 2 N–H and O–H groups in total. The van der Waals surface area contributed by atoms with E-state index in [1.54, 1.807) is 18.6 Å². The SMILES string of the molecule is CCOC(=O)NS(=O)(=O)NC(C)(CBr)CBr. The molecule has 1 amide bonds. The summed E-state index contributed by atoms with van der Waals surface area (Å²) in [5, 5.41) is 0.796. The molecule has 0 aromatic heterocycles. The molecule has 0 radical (unpaired) electrons. The maximum absolute atomic E-state index is 11.5. The molecule has 96 valence electrons. The van der Waals surface area contributed by atoms with Gasteiger partial charge in [-0.3, -0.25) is 0 Å². The Kier molecular flexibility index (Phi) is 6.83. The fraction of sp³-hybridized carbons (Fsp3) is 0.857. The van der Waals surface area contributed by atoms with Crippen LogP contribution >= 0.6 is 31.9 Å². The molecule has 0 aliphatic rings. The van der Waals surface area contributed by atoms with Crippen molar-refractivity contribution >= 4 is 48.2 Å². The van der Waals surface area contributed by atoms with E-state index in [4.69, 9.17) is 0 Å². The molecule has 0 atom stereocenters. The maximum Gasteiger partial charge on any atom is 0.421 e. The fourth-order valence-electron chi connectivity index (χ4n) is 0.710. The Morgan fingerprint density at radius 1 is 1.38 bits per heavy atom. The van der Waals surface area contributed by atoms with Crippen LogP contribution in [0.2, 0.25) is 0 Å². The quantitative estimate of drug-likeness (QED) is 0.675. The van der Waals surface area contributed by atoms with Gasteiger partial charge in [-0.05, 0) is 13.8 Å². The van der Waals surface area contributed by atoms with Crippen LogP contribution in [0.25, 0.3) is 0 Å². The molecule has 6 nitrogen and oxygen atoms in total. The Balaban J connectivity index is 4.52. The average molecular weight is 382 g/mol. The number of carbonyl (C=O) groups excluding carboxylic acids is 1. The summed E-state index contributed by atoms with van der Waals surface area (Å²) in [6.45, 7) is 3.37. The second-order valence-electron chi connectivity index (χ2n) is 3.26. The summed E-state index contributed by atoms with van der Waals surface area (Å²) in [6.07, 6.45) is -0.999. The summed E-state index contributed by atoms with van der Waals surface area (Å²) in [7, 11) is -3.92.